The Morgan fingerprint density at radius 1 is 1.12 bits per heavy atom. The van der Waals surface area contributed by atoms with Crippen LogP contribution in [0.5, 0.6) is 5.75 Å². The molecule has 0 atom stereocenters. The van der Waals surface area contributed by atoms with E-state index in [1.165, 1.54) is 0 Å². The Balaban J connectivity index is 1.91. The summed E-state index contributed by atoms with van der Waals surface area (Å²) in [5, 5.41) is 11.6. The minimum absolute atomic E-state index is 0.527. The van der Waals surface area contributed by atoms with Crippen molar-refractivity contribution in [3.8, 4) is 5.75 Å². The van der Waals surface area contributed by atoms with Gasteiger partial charge in [0.05, 0.1) is 25.3 Å². The number of nitrogens with zero attached hydrogens (tertiary/aromatic N) is 4. The zero-order valence-corrected chi connectivity index (χ0v) is 13.9. The van der Waals surface area contributed by atoms with Crippen LogP contribution in [-0.4, -0.2) is 47.1 Å². The van der Waals surface area contributed by atoms with Crippen LogP contribution in [0, 0.1) is 0 Å². The van der Waals surface area contributed by atoms with Gasteiger partial charge < -0.3 is 20.1 Å². The minimum Gasteiger partial charge on any atom is -0.497 e. The van der Waals surface area contributed by atoms with Crippen molar-refractivity contribution in [1.29, 1.82) is 0 Å². The lowest BCUT2D eigenvalue weighted by molar-refractivity contribution is 0.210. The summed E-state index contributed by atoms with van der Waals surface area (Å²) in [7, 11) is 5.15. The predicted molar refractivity (Wildman–Crippen MR) is 92.9 cm³/mol. The smallest absolute Gasteiger partial charge is 0.226 e. The summed E-state index contributed by atoms with van der Waals surface area (Å²) in [6.07, 6.45) is 1.75. The number of hydrogen-bond acceptors (Lipinski definition) is 7. The Hall–Kier alpha value is -2.87. The standard InChI is InChI=1S/C16H20N6O2/c1-22-15-13(10-18-22)14(20-16(21-15)17-8-9-23-2)19-11-4-6-12(24-3)7-5-11/h4-7,10H,8-9H2,1-3H3,(H2,17,19,20,21). The van der Waals surface area contributed by atoms with Crippen LogP contribution in [0.2, 0.25) is 0 Å². The van der Waals surface area contributed by atoms with Crippen LogP contribution in [0.1, 0.15) is 0 Å². The van der Waals surface area contributed by atoms with E-state index in [-0.39, 0.29) is 0 Å². The maximum Gasteiger partial charge on any atom is 0.226 e. The van der Waals surface area contributed by atoms with Gasteiger partial charge in [-0.1, -0.05) is 0 Å². The van der Waals surface area contributed by atoms with E-state index in [0.717, 1.165) is 22.5 Å². The summed E-state index contributed by atoms with van der Waals surface area (Å²) in [4.78, 5) is 9.05. The quantitative estimate of drug-likeness (QED) is 0.643. The molecule has 0 saturated carbocycles. The summed E-state index contributed by atoms with van der Waals surface area (Å²) in [5.74, 6) is 2.02. The van der Waals surface area contributed by atoms with Gasteiger partial charge in [-0.05, 0) is 24.3 Å². The van der Waals surface area contributed by atoms with E-state index in [4.69, 9.17) is 9.47 Å². The molecule has 0 aliphatic carbocycles. The van der Waals surface area contributed by atoms with Gasteiger partial charge >= 0.3 is 0 Å². The maximum absolute atomic E-state index is 5.18. The number of benzene rings is 1. The first-order valence-corrected chi connectivity index (χ1v) is 7.55. The highest BCUT2D eigenvalue weighted by Gasteiger charge is 2.12. The minimum atomic E-state index is 0.527. The lowest BCUT2D eigenvalue weighted by Gasteiger charge is -2.10. The fraction of sp³-hybridized carbons (Fsp3) is 0.312. The molecule has 8 heteroatoms. The van der Waals surface area contributed by atoms with Gasteiger partial charge in [0.15, 0.2) is 5.65 Å². The number of fused-ring (bicyclic) bond motifs is 1. The van der Waals surface area contributed by atoms with Crippen LogP contribution in [-0.2, 0) is 11.8 Å². The number of anilines is 3. The average Bonchev–Trinajstić information content (AvgIpc) is 2.97. The molecule has 0 unspecified atom stereocenters. The summed E-state index contributed by atoms with van der Waals surface area (Å²) in [6, 6.07) is 7.64. The third-order valence-corrected chi connectivity index (χ3v) is 3.53. The number of methoxy groups -OCH3 is 2. The molecule has 3 rings (SSSR count). The SMILES string of the molecule is COCCNc1nc(Nc2ccc(OC)cc2)c2cnn(C)c2n1. The first-order valence-electron chi connectivity index (χ1n) is 7.55. The van der Waals surface area contributed by atoms with E-state index in [9.17, 15) is 0 Å². The highest BCUT2D eigenvalue weighted by molar-refractivity contribution is 5.89. The van der Waals surface area contributed by atoms with E-state index >= 15 is 0 Å². The van der Waals surface area contributed by atoms with Crippen molar-refractivity contribution in [2.45, 2.75) is 0 Å². The van der Waals surface area contributed by atoms with Gasteiger partial charge in [-0.2, -0.15) is 15.1 Å². The molecule has 2 N–H and O–H groups in total. The van der Waals surface area contributed by atoms with Crippen molar-refractivity contribution >= 4 is 28.5 Å². The van der Waals surface area contributed by atoms with Gasteiger partial charge in [-0.3, -0.25) is 4.68 Å². The molecule has 0 aliphatic rings. The van der Waals surface area contributed by atoms with Crippen LogP contribution in [0.3, 0.4) is 0 Å². The number of rotatable bonds is 7. The lowest BCUT2D eigenvalue weighted by Crippen LogP contribution is -2.11. The first-order chi connectivity index (χ1) is 11.7. The fourth-order valence-electron chi connectivity index (χ4n) is 2.27. The second kappa shape index (κ2) is 7.14. The number of nitrogens with one attached hydrogen (secondary N) is 2. The molecular weight excluding hydrogens is 308 g/mol. The summed E-state index contributed by atoms with van der Waals surface area (Å²) < 4.78 is 11.9. The second-order valence-corrected chi connectivity index (χ2v) is 5.17. The summed E-state index contributed by atoms with van der Waals surface area (Å²) >= 11 is 0. The molecule has 126 valence electrons. The van der Waals surface area contributed by atoms with Crippen molar-refractivity contribution < 1.29 is 9.47 Å². The molecule has 2 heterocycles. The van der Waals surface area contributed by atoms with Crippen LogP contribution in [0.4, 0.5) is 17.5 Å². The molecule has 1 aromatic carbocycles. The molecule has 0 spiro atoms. The molecule has 2 aromatic heterocycles. The zero-order chi connectivity index (χ0) is 16.9. The molecule has 0 bridgehead atoms. The molecule has 8 nitrogen and oxygen atoms in total. The molecule has 0 saturated heterocycles. The van der Waals surface area contributed by atoms with E-state index in [1.54, 1.807) is 25.1 Å². The number of aromatic nitrogens is 4. The average molecular weight is 328 g/mol. The van der Waals surface area contributed by atoms with Gasteiger partial charge in [0, 0.05) is 26.4 Å². The van der Waals surface area contributed by atoms with E-state index in [2.05, 4.69) is 25.7 Å². The van der Waals surface area contributed by atoms with Crippen molar-refractivity contribution in [3.63, 3.8) is 0 Å². The van der Waals surface area contributed by atoms with Gasteiger partial charge in [0.2, 0.25) is 5.95 Å². The summed E-state index contributed by atoms with van der Waals surface area (Å²) in [6.45, 7) is 1.20. The molecule has 24 heavy (non-hydrogen) atoms. The van der Waals surface area contributed by atoms with Crippen LogP contribution in [0.15, 0.2) is 30.5 Å². The van der Waals surface area contributed by atoms with E-state index in [1.807, 2.05) is 31.3 Å². The molecule has 0 aliphatic heterocycles. The fourth-order valence-corrected chi connectivity index (χ4v) is 2.27. The number of aryl methyl sites for hydroxylation is 1. The van der Waals surface area contributed by atoms with Gasteiger partial charge in [0.1, 0.15) is 11.6 Å². The van der Waals surface area contributed by atoms with Gasteiger partial charge in [-0.15, -0.1) is 0 Å². The van der Waals surface area contributed by atoms with Crippen molar-refractivity contribution in [1.82, 2.24) is 19.7 Å². The molecule has 0 radical (unpaired) electrons. The van der Waals surface area contributed by atoms with Crippen molar-refractivity contribution in [2.75, 3.05) is 38.0 Å². The maximum atomic E-state index is 5.18. The Morgan fingerprint density at radius 3 is 2.62 bits per heavy atom. The third kappa shape index (κ3) is 3.38. The highest BCUT2D eigenvalue weighted by atomic mass is 16.5. The summed E-state index contributed by atoms with van der Waals surface area (Å²) in [5.41, 5.74) is 1.66. The van der Waals surface area contributed by atoms with Crippen LogP contribution in [0.25, 0.3) is 11.0 Å². The molecule has 0 fully saturated rings. The molecule has 3 aromatic rings. The molecular formula is C16H20N6O2. The Kier molecular flexibility index (Phi) is 4.76. The van der Waals surface area contributed by atoms with Crippen molar-refractivity contribution in [2.24, 2.45) is 7.05 Å². The van der Waals surface area contributed by atoms with Crippen LogP contribution < -0.4 is 15.4 Å². The largest absolute Gasteiger partial charge is 0.497 e. The molecule has 0 amide bonds. The normalized spacial score (nSPS) is 10.8. The van der Waals surface area contributed by atoms with Gasteiger partial charge in [0.25, 0.3) is 0 Å². The van der Waals surface area contributed by atoms with E-state index < -0.39 is 0 Å². The first kappa shape index (κ1) is 16.0. The lowest BCUT2D eigenvalue weighted by atomic mass is 10.3. The Labute approximate surface area is 139 Å². The highest BCUT2D eigenvalue weighted by Crippen LogP contribution is 2.25. The van der Waals surface area contributed by atoms with Crippen molar-refractivity contribution in [3.05, 3.63) is 30.5 Å². The number of ether oxygens (including phenoxy) is 2. The second-order valence-electron chi connectivity index (χ2n) is 5.17. The Morgan fingerprint density at radius 2 is 1.92 bits per heavy atom. The number of hydrogen-bond donors (Lipinski definition) is 2. The monoisotopic (exact) mass is 328 g/mol. The third-order valence-electron chi connectivity index (χ3n) is 3.53. The zero-order valence-electron chi connectivity index (χ0n) is 13.9. The predicted octanol–water partition coefficient (Wildman–Crippen LogP) is 2.17. The van der Waals surface area contributed by atoms with Gasteiger partial charge in [-0.25, -0.2) is 0 Å². The Bertz CT molecular complexity index is 815. The van der Waals surface area contributed by atoms with E-state index in [0.29, 0.717) is 24.9 Å². The van der Waals surface area contributed by atoms with Crippen LogP contribution >= 0.6 is 0 Å². The topological polar surface area (TPSA) is 86.1 Å².